The molecule has 2 nitrogen and oxygen atoms in total. The van der Waals surface area contributed by atoms with Crippen molar-refractivity contribution in [2.24, 2.45) is 0 Å². The molecule has 0 aliphatic heterocycles. The lowest BCUT2D eigenvalue weighted by molar-refractivity contribution is 0.169. The zero-order chi connectivity index (χ0) is 25.0. The Morgan fingerprint density at radius 3 is 1.88 bits per heavy atom. The summed E-state index contributed by atoms with van der Waals surface area (Å²) >= 11 is 12.7. The Morgan fingerprint density at radius 1 is 0.882 bits per heavy atom. The van der Waals surface area contributed by atoms with Crippen LogP contribution in [0.3, 0.4) is 0 Å². The van der Waals surface area contributed by atoms with E-state index in [2.05, 4.69) is 88.0 Å². The number of hydrogen-bond acceptors (Lipinski definition) is 2. The van der Waals surface area contributed by atoms with Gasteiger partial charge in [-0.05, 0) is 34.7 Å². The Kier molecular flexibility index (Phi) is 12.4. The van der Waals surface area contributed by atoms with E-state index in [4.69, 9.17) is 27.6 Å². The van der Waals surface area contributed by atoms with E-state index >= 15 is 0 Å². The molecule has 0 aliphatic carbocycles. The van der Waals surface area contributed by atoms with Crippen LogP contribution in [0.4, 0.5) is 0 Å². The van der Waals surface area contributed by atoms with E-state index in [0.717, 1.165) is 45.1 Å². The van der Waals surface area contributed by atoms with E-state index in [0.29, 0.717) is 6.42 Å². The van der Waals surface area contributed by atoms with Crippen LogP contribution in [-0.2, 0) is 4.43 Å². The van der Waals surface area contributed by atoms with Crippen molar-refractivity contribution in [2.75, 3.05) is 6.61 Å². The van der Waals surface area contributed by atoms with Crippen LogP contribution in [0.15, 0.2) is 73.3 Å². The summed E-state index contributed by atoms with van der Waals surface area (Å²) < 4.78 is 6.96. The minimum absolute atomic E-state index is 0.0132. The molecule has 188 valence electrons. The van der Waals surface area contributed by atoms with E-state index < -0.39 is 19.8 Å². The Balaban J connectivity index is 1.89. The summed E-state index contributed by atoms with van der Waals surface area (Å²) in [6.07, 6.45) is 7.82. The first-order valence-corrected chi connectivity index (χ1v) is 15.3. The average Bonchev–Trinajstić information content (AvgIpc) is 2.83. The molecule has 2 aromatic rings. The van der Waals surface area contributed by atoms with Crippen molar-refractivity contribution in [1.29, 1.82) is 0 Å². The Bertz CT molecular complexity index is 784. The number of halogens is 2. The maximum Gasteiger partial charge on any atom is 0.261 e. The van der Waals surface area contributed by atoms with Crippen LogP contribution in [-0.4, -0.2) is 36.9 Å². The third kappa shape index (κ3) is 7.96. The zero-order valence-electron chi connectivity index (χ0n) is 21.1. The van der Waals surface area contributed by atoms with Gasteiger partial charge in [0.15, 0.2) is 0 Å². The van der Waals surface area contributed by atoms with Gasteiger partial charge < -0.3 is 9.53 Å². The Labute approximate surface area is 218 Å². The molecular formula is C29H42Cl2O2Si. The summed E-state index contributed by atoms with van der Waals surface area (Å²) in [5.74, 6) is 0. The molecule has 0 aromatic heterocycles. The van der Waals surface area contributed by atoms with Crippen LogP contribution in [0.25, 0.3) is 0 Å². The lowest BCUT2D eigenvalue weighted by atomic mass is 10.0. The number of rotatable bonds is 15. The van der Waals surface area contributed by atoms with Gasteiger partial charge in [-0.25, -0.2) is 0 Å². The minimum atomic E-state index is -2.43. The monoisotopic (exact) mass is 520 g/mol. The molecule has 0 heterocycles. The second-order valence-electron chi connectivity index (χ2n) is 10.1. The van der Waals surface area contributed by atoms with Gasteiger partial charge in [0.25, 0.3) is 8.32 Å². The topological polar surface area (TPSA) is 29.5 Å². The van der Waals surface area contributed by atoms with Crippen LogP contribution >= 0.6 is 23.2 Å². The molecule has 0 aliphatic rings. The molecule has 2 rings (SSSR count). The molecule has 0 bridgehead atoms. The predicted molar refractivity (Wildman–Crippen MR) is 151 cm³/mol. The number of alkyl halides is 2. The number of aliphatic hydroxyl groups is 1. The molecule has 0 spiro atoms. The van der Waals surface area contributed by atoms with E-state index in [1.165, 1.54) is 10.4 Å². The lowest BCUT2D eigenvalue weighted by Gasteiger charge is -2.43. The highest BCUT2D eigenvalue weighted by Gasteiger charge is 2.49. The molecule has 0 fully saturated rings. The van der Waals surface area contributed by atoms with Crippen LogP contribution in [0.2, 0.25) is 5.04 Å². The van der Waals surface area contributed by atoms with Crippen LogP contribution in [0.5, 0.6) is 0 Å². The average molecular weight is 522 g/mol. The molecular weight excluding hydrogens is 479 g/mol. The normalized spacial score (nSPS) is 15.0. The fraction of sp³-hybridized carbons (Fsp3) is 0.517. The van der Waals surface area contributed by atoms with Gasteiger partial charge in [-0.1, -0.05) is 113 Å². The van der Waals surface area contributed by atoms with Crippen molar-refractivity contribution in [3.05, 3.63) is 73.3 Å². The van der Waals surface area contributed by atoms with Crippen molar-refractivity contribution in [3.8, 4) is 0 Å². The highest BCUT2D eigenvalue weighted by molar-refractivity contribution is 6.99. The largest absolute Gasteiger partial charge is 0.407 e. The Hall–Kier alpha value is -1.10. The molecule has 3 atom stereocenters. The number of unbranched alkanes of at least 4 members (excludes halogenated alkanes) is 4. The van der Waals surface area contributed by atoms with Crippen molar-refractivity contribution in [1.82, 2.24) is 0 Å². The van der Waals surface area contributed by atoms with Gasteiger partial charge >= 0.3 is 0 Å². The zero-order valence-corrected chi connectivity index (χ0v) is 23.6. The van der Waals surface area contributed by atoms with E-state index in [1.807, 2.05) is 0 Å². The molecule has 0 unspecified atom stereocenters. The molecule has 0 radical (unpaired) electrons. The maximum atomic E-state index is 9.98. The van der Waals surface area contributed by atoms with Crippen LogP contribution in [0, 0.1) is 0 Å². The molecule has 2 aromatic carbocycles. The molecule has 0 saturated carbocycles. The quantitative estimate of drug-likeness (QED) is 0.118. The number of benzene rings is 2. The molecule has 5 heteroatoms. The molecule has 0 saturated heterocycles. The third-order valence-corrected chi connectivity index (χ3v) is 12.7. The summed E-state index contributed by atoms with van der Waals surface area (Å²) in [6, 6.07) is 21.6. The van der Waals surface area contributed by atoms with Gasteiger partial charge in [-0.3, -0.25) is 0 Å². The van der Waals surface area contributed by atoms with Gasteiger partial charge in [-0.15, -0.1) is 29.8 Å². The second kappa shape index (κ2) is 14.5. The Morgan fingerprint density at radius 2 is 1.38 bits per heavy atom. The summed E-state index contributed by atoms with van der Waals surface area (Å²) in [5.41, 5.74) is 0. The van der Waals surface area contributed by atoms with Crippen LogP contribution in [0.1, 0.15) is 65.7 Å². The fourth-order valence-electron chi connectivity index (χ4n) is 4.66. The van der Waals surface area contributed by atoms with Crippen molar-refractivity contribution < 1.29 is 9.53 Å². The fourth-order valence-corrected chi connectivity index (χ4v) is 9.82. The van der Waals surface area contributed by atoms with Gasteiger partial charge in [-0.2, -0.15) is 0 Å². The van der Waals surface area contributed by atoms with Gasteiger partial charge in [0.05, 0.1) is 16.9 Å². The first kappa shape index (κ1) is 29.1. The van der Waals surface area contributed by atoms with E-state index in [-0.39, 0.29) is 10.4 Å². The van der Waals surface area contributed by atoms with Crippen LogP contribution < -0.4 is 10.4 Å². The summed E-state index contributed by atoms with van der Waals surface area (Å²) in [7, 11) is -2.43. The first-order chi connectivity index (χ1) is 16.2. The van der Waals surface area contributed by atoms with Gasteiger partial charge in [0, 0.05) is 6.61 Å². The van der Waals surface area contributed by atoms with Gasteiger partial charge in [0.2, 0.25) is 0 Å². The molecule has 0 amide bonds. The summed E-state index contributed by atoms with van der Waals surface area (Å²) in [5, 5.41) is 12.0. The van der Waals surface area contributed by atoms with Crippen molar-refractivity contribution in [2.45, 2.75) is 87.6 Å². The second-order valence-corrected chi connectivity index (χ2v) is 15.5. The standard InChI is InChI=1S/C29H42Cl2O2Si/c1-5-17-27(32)28(31)26(30)22-15-7-6-8-16-23-33-34(29(2,3)4,24-18-11-9-12-19-24)25-20-13-10-14-21-25/h5,9-14,18-21,26-28,32H,1,6-8,15-17,22-23H2,2-4H3/t26-,27+,28+/m1/s1. The molecule has 34 heavy (non-hydrogen) atoms. The lowest BCUT2D eigenvalue weighted by Crippen LogP contribution is -2.66. The predicted octanol–water partition coefficient (Wildman–Crippen LogP) is 7.06. The first-order valence-electron chi connectivity index (χ1n) is 12.6. The summed E-state index contributed by atoms with van der Waals surface area (Å²) in [6.45, 7) is 11.4. The SMILES string of the molecule is C=CC[C@H](O)[C@@H](Cl)[C@H](Cl)CCCCCCCO[Si](c1ccccc1)(c1ccccc1)C(C)(C)C. The summed E-state index contributed by atoms with van der Waals surface area (Å²) in [4.78, 5) is 0. The smallest absolute Gasteiger partial charge is 0.261 e. The third-order valence-electron chi connectivity index (χ3n) is 6.48. The maximum absolute atomic E-state index is 9.98. The van der Waals surface area contributed by atoms with Crippen molar-refractivity contribution >= 4 is 41.9 Å². The molecule has 1 N–H and O–H groups in total. The minimum Gasteiger partial charge on any atom is -0.407 e. The van der Waals surface area contributed by atoms with E-state index in [1.54, 1.807) is 6.08 Å². The highest BCUT2D eigenvalue weighted by atomic mass is 35.5. The van der Waals surface area contributed by atoms with Crippen molar-refractivity contribution in [3.63, 3.8) is 0 Å². The highest BCUT2D eigenvalue weighted by Crippen LogP contribution is 2.36. The van der Waals surface area contributed by atoms with Gasteiger partial charge in [0.1, 0.15) is 0 Å². The number of aliphatic hydroxyl groups excluding tert-OH is 1. The van der Waals surface area contributed by atoms with E-state index in [9.17, 15) is 5.11 Å². The number of hydrogen-bond donors (Lipinski definition) is 1.